The van der Waals surface area contributed by atoms with Gasteiger partial charge in [-0.1, -0.05) is 43.3 Å². The van der Waals surface area contributed by atoms with E-state index in [1.54, 1.807) is 24.3 Å². The van der Waals surface area contributed by atoms with E-state index in [0.717, 1.165) is 23.3 Å². The lowest BCUT2D eigenvalue weighted by Crippen LogP contribution is -2.32. The third kappa shape index (κ3) is 5.08. The number of phenolic OH excluding ortho intramolecular Hbond substituents is 1. The van der Waals surface area contributed by atoms with E-state index in [-0.39, 0.29) is 10.9 Å². The molecule has 3 rings (SSSR count). The minimum atomic E-state index is -0.402. The molecule has 3 N–H and O–H groups in total. The Bertz CT molecular complexity index is 1010. The molecule has 3 aromatic rings. The van der Waals surface area contributed by atoms with Crippen LogP contribution in [0.25, 0.3) is 17.4 Å². The van der Waals surface area contributed by atoms with Gasteiger partial charge in [-0.3, -0.25) is 10.1 Å². The number of amides is 1. The van der Waals surface area contributed by atoms with Gasteiger partial charge in [-0.05, 0) is 54.5 Å². The standard InChI is InChI=1S/C22H20N2O3S/c1-2-15-8-11-19(25)18(14-15)23-22(28)24-21(26)13-10-17-9-12-20(27-17)16-6-4-3-5-7-16/h3-14,25H,2H2,1H3,(H2,23,24,26,28)/b13-10+. The molecule has 0 aliphatic rings. The smallest absolute Gasteiger partial charge is 0.250 e. The Morgan fingerprint density at radius 3 is 2.68 bits per heavy atom. The molecule has 0 aliphatic heterocycles. The maximum absolute atomic E-state index is 12.1. The van der Waals surface area contributed by atoms with E-state index in [4.69, 9.17) is 16.6 Å². The Balaban J connectivity index is 1.58. The number of carbonyl (C=O) groups excluding carboxylic acids is 1. The molecule has 1 amide bonds. The average Bonchev–Trinajstić information content (AvgIpc) is 3.18. The first-order valence-electron chi connectivity index (χ1n) is 8.82. The highest BCUT2D eigenvalue weighted by Crippen LogP contribution is 2.24. The topological polar surface area (TPSA) is 74.5 Å². The fraction of sp³-hybridized carbons (Fsp3) is 0.0909. The largest absolute Gasteiger partial charge is 0.506 e. The van der Waals surface area contributed by atoms with Gasteiger partial charge in [0.2, 0.25) is 5.91 Å². The zero-order valence-electron chi connectivity index (χ0n) is 15.3. The number of carbonyl (C=O) groups is 1. The maximum atomic E-state index is 12.1. The van der Waals surface area contributed by atoms with Gasteiger partial charge in [-0.15, -0.1) is 0 Å². The molecule has 0 fully saturated rings. The van der Waals surface area contributed by atoms with Crippen LogP contribution in [0.5, 0.6) is 5.75 Å². The van der Waals surface area contributed by atoms with Gasteiger partial charge in [-0.25, -0.2) is 0 Å². The Hall–Kier alpha value is -3.38. The molecule has 6 heteroatoms. The first-order chi connectivity index (χ1) is 13.5. The van der Waals surface area contributed by atoms with E-state index in [0.29, 0.717) is 11.4 Å². The van der Waals surface area contributed by atoms with Crippen molar-refractivity contribution in [1.29, 1.82) is 0 Å². The van der Waals surface area contributed by atoms with Crippen LogP contribution in [0.4, 0.5) is 5.69 Å². The second-order valence-corrected chi connectivity index (χ2v) is 6.46. The number of aryl methyl sites for hydroxylation is 1. The van der Waals surface area contributed by atoms with Crippen LogP contribution in [0.2, 0.25) is 0 Å². The Labute approximate surface area is 168 Å². The quantitative estimate of drug-likeness (QED) is 0.332. The van der Waals surface area contributed by atoms with Gasteiger partial charge < -0.3 is 14.8 Å². The highest BCUT2D eigenvalue weighted by Gasteiger charge is 2.07. The molecule has 142 valence electrons. The predicted octanol–water partition coefficient (Wildman–Crippen LogP) is 4.74. The van der Waals surface area contributed by atoms with E-state index in [1.165, 1.54) is 6.08 Å². The molecule has 1 heterocycles. The van der Waals surface area contributed by atoms with Crippen LogP contribution in [-0.2, 0) is 11.2 Å². The Morgan fingerprint density at radius 1 is 1.14 bits per heavy atom. The molecular weight excluding hydrogens is 372 g/mol. The molecule has 0 bridgehead atoms. The van der Waals surface area contributed by atoms with Gasteiger partial charge in [0.1, 0.15) is 17.3 Å². The Kier molecular flexibility index (Phi) is 6.24. The van der Waals surface area contributed by atoms with Crippen molar-refractivity contribution in [2.75, 3.05) is 5.32 Å². The molecule has 0 atom stereocenters. The van der Waals surface area contributed by atoms with Crippen LogP contribution >= 0.6 is 12.2 Å². The lowest BCUT2D eigenvalue weighted by molar-refractivity contribution is -0.115. The number of anilines is 1. The third-order valence-electron chi connectivity index (χ3n) is 4.04. The van der Waals surface area contributed by atoms with Crippen molar-refractivity contribution < 1.29 is 14.3 Å². The summed E-state index contributed by atoms with van der Waals surface area (Å²) >= 11 is 5.14. The van der Waals surface area contributed by atoms with Crippen LogP contribution in [0.15, 0.2) is 71.2 Å². The molecule has 0 saturated carbocycles. The molecule has 0 saturated heterocycles. The second kappa shape index (κ2) is 9.01. The molecule has 0 spiro atoms. The summed E-state index contributed by atoms with van der Waals surface area (Å²) in [6.45, 7) is 2.01. The summed E-state index contributed by atoms with van der Waals surface area (Å²) in [5.74, 6) is 0.944. The van der Waals surface area contributed by atoms with E-state index < -0.39 is 5.91 Å². The van der Waals surface area contributed by atoms with Gasteiger partial charge >= 0.3 is 0 Å². The maximum Gasteiger partial charge on any atom is 0.250 e. The first-order valence-corrected chi connectivity index (χ1v) is 9.23. The SMILES string of the molecule is CCc1ccc(O)c(NC(=S)NC(=O)/C=C/c2ccc(-c3ccccc3)o2)c1. The van der Waals surface area contributed by atoms with Crippen LogP contribution in [0, 0.1) is 0 Å². The van der Waals surface area contributed by atoms with E-state index in [1.807, 2.05) is 49.4 Å². The van der Waals surface area contributed by atoms with Gasteiger partial charge in [0.15, 0.2) is 5.11 Å². The molecule has 1 aromatic heterocycles. The summed E-state index contributed by atoms with van der Waals surface area (Å²) < 4.78 is 5.71. The van der Waals surface area contributed by atoms with Crippen molar-refractivity contribution in [3.05, 3.63) is 78.1 Å². The summed E-state index contributed by atoms with van der Waals surface area (Å²) in [4.78, 5) is 12.1. The number of aromatic hydroxyl groups is 1. The van der Waals surface area contributed by atoms with E-state index in [9.17, 15) is 9.90 Å². The fourth-order valence-electron chi connectivity index (χ4n) is 2.57. The van der Waals surface area contributed by atoms with Crippen LogP contribution < -0.4 is 10.6 Å². The van der Waals surface area contributed by atoms with Crippen molar-refractivity contribution in [1.82, 2.24) is 5.32 Å². The van der Waals surface area contributed by atoms with Crippen molar-refractivity contribution in [3.63, 3.8) is 0 Å². The number of thiocarbonyl (C=S) groups is 1. The zero-order valence-corrected chi connectivity index (χ0v) is 16.1. The minimum Gasteiger partial charge on any atom is -0.506 e. The number of rotatable bonds is 5. The summed E-state index contributed by atoms with van der Waals surface area (Å²) in [5.41, 5.74) is 2.46. The van der Waals surface area contributed by atoms with Crippen LogP contribution in [0.3, 0.4) is 0 Å². The summed E-state index contributed by atoms with van der Waals surface area (Å²) in [5, 5.41) is 15.4. The lowest BCUT2D eigenvalue weighted by Gasteiger charge is -2.11. The molecule has 2 aromatic carbocycles. The zero-order chi connectivity index (χ0) is 19.9. The normalized spacial score (nSPS) is 10.8. The first kappa shape index (κ1) is 19.4. The lowest BCUT2D eigenvalue weighted by atomic mass is 10.1. The van der Waals surface area contributed by atoms with Crippen molar-refractivity contribution in [2.45, 2.75) is 13.3 Å². The van der Waals surface area contributed by atoms with Crippen molar-refractivity contribution in [3.8, 4) is 17.1 Å². The number of hydrogen-bond donors (Lipinski definition) is 3. The summed E-state index contributed by atoms with van der Waals surface area (Å²) in [6.07, 6.45) is 3.73. The fourth-order valence-corrected chi connectivity index (χ4v) is 2.78. The molecule has 0 radical (unpaired) electrons. The molecular formula is C22H20N2O3S. The second-order valence-electron chi connectivity index (χ2n) is 6.05. The van der Waals surface area contributed by atoms with Gasteiger partial charge in [0.25, 0.3) is 0 Å². The summed E-state index contributed by atoms with van der Waals surface area (Å²) in [6, 6.07) is 18.6. The third-order valence-corrected chi connectivity index (χ3v) is 4.24. The van der Waals surface area contributed by atoms with Gasteiger partial charge in [0.05, 0.1) is 5.69 Å². The van der Waals surface area contributed by atoms with Gasteiger partial charge in [-0.2, -0.15) is 0 Å². The van der Waals surface area contributed by atoms with Crippen molar-refractivity contribution in [2.24, 2.45) is 0 Å². The van der Waals surface area contributed by atoms with Gasteiger partial charge in [0, 0.05) is 11.6 Å². The number of furan rings is 1. The van der Waals surface area contributed by atoms with Crippen LogP contribution in [-0.4, -0.2) is 16.1 Å². The van der Waals surface area contributed by atoms with E-state index in [2.05, 4.69) is 10.6 Å². The average molecular weight is 392 g/mol. The Morgan fingerprint density at radius 2 is 1.93 bits per heavy atom. The molecule has 28 heavy (non-hydrogen) atoms. The predicted molar refractivity (Wildman–Crippen MR) is 115 cm³/mol. The highest BCUT2D eigenvalue weighted by atomic mass is 32.1. The summed E-state index contributed by atoms with van der Waals surface area (Å²) in [7, 11) is 0. The highest BCUT2D eigenvalue weighted by molar-refractivity contribution is 7.80. The monoisotopic (exact) mass is 392 g/mol. The minimum absolute atomic E-state index is 0.0633. The van der Waals surface area contributed by atoms with Crippen molar-refractivity contribution >= 4 is 35.0 Å². The van der Waals surface area contributed by atoms with Crippen LogP contribution in [0.1, 0.15) is 18.2 Å². The number of phenols is 1. The van der Waals surface area contributed by atoms with E-state index >= 15 is 0 Å². The number of nitrogens with one attached hydrogen (secondary N) is 2. The molecule has 0 aliphatic carbocycles. The molecule has 0 unspecified atom stereocenters. The molecule has 5 nitrogen and oxygen atoms in total. The number of benzene rings is 2. The number of hydrogen-bond acceptors (Lipinski definition) is 4.